The molecule has 0 aliphatic rings. The average molecular weight is 358 g/mol. The van der Waals surface area contributed by atoms with Crippen molar-refractivity contribution >= 4 is 22.6 Å². The summed E-state index contributed by atoms with van der Waals surface area (Å²) in [6.07, 6.45) is -4.97. The van der Waals surface area contributed by atoms with Gasteiger partial charge in [-0.15, -0.1) is 13.2 Å². The highest BCUT2D eigenvalue weighted by Gasteiger charge is 2.33. The Balaban J connectivity index is 3.16. The SMILES string of the molecule is COc1cc(I)c(OC(F)(F)F)nc1CC#N. The van der Waals surface area contributed by atoms with Gasteiger partial charge in [-0.2, -0.15) is 5.26 Å². The maximum Gasteiger partial charge on any atom is 0.574 e. The fourth-order valence-corrected chi connectivity index (χ4v) is 1.56. The first-order chi connectivity index (χ1) is 7.87. The summed E-state index contributed by atoms with van der Waals surface area (Å²) < 4.78 is 45.0. The lowest BCUT2D eigenvalue weighted by Crippen LogP contribution is -2.19. The molecule has 17 heavy (non-hydrogen) atoms. The van der Waals surface area contributed by atoms with Crippen LogP contribution in [0.15, 0.2) is 6.07 Å². The Morgan fingerprint density at radius 2 is 2.18 bits per heavy atom. The summed E-state index contributed by atoms with van der Waals surface area (Å²) in [6.45, 7) is 0. The number of methoxy groups -OCH3 is 1. The zero-order chi connectivity index (χ0) is 13.1. The molecule has 0 amide bonds. The summed E-state index contributed by atoms with van der Waals surface area (Å²) in [7, 11) is 1.35. The van der Waals surface area contributed by atoms with Crippen molar-refractivity contribution in [2.45, 2.75) is 12.8 Å². The second kappa shape index (κ2) is 5.39. The van der Waals surface area contributed by atoms with Gasteiger partial charge >= 0.3 is 6.36 Å². The fourth-order valence-electron chi connectivity index (χ4n) is 1.05. The molecule has 0 saturated heterocycles. The highest BCUT2D eigenvalue weighted by Crippen LogP contribution is 2.30. The maximum absolute atomic E-state index is 12.1. The minimum absolute atomic E-state index is 0.106. The molecule has 4 nitrogen and oxygen atoms in total. The number of alkyl halides is 3. The molecule has 0 atom stereocenters. The zero-order valence-corrected chi connectivity index (χ0v) is 10.7. The van der Waals surface area contributed by atoms with Crippen molar-refractivity contribution in [1.29, 1.82) is 5.26 Å². The predicted octanol–water partition coefficient (Wildman–Crippen LogP) is 2.66. The lowest BCUT2D eigenvalue weighted by Gasteiger charge is -2.12. The average Bonchev–Trinajstić information content (AvgIpc) is 2.21. The van der Waals surface area contributed by atoms with E-state index in [0.29, 0.717) is 0 Å². The van der Waals surface area contributed by atoms with E-state index in [-0.39, 0.29) is 21.4 Å². The number of nitrogens with zero attached hydrogens (tertiary/aromatic N) is 2. The molecule has 0 bridgehead atoms. The van der Waals surface area contributed by atoms with Gasteiger partial charge in [0.25, 0.3) is 0 Å². The first-order valence-corrected chi connectivity index (χ1v) is 5.31. The molecule has 0 aliphatic carbocycles. The van der Waals surface area contributed by atoms with Crippen LogP contribution in [0.5, 0.6) is 11.6 Å². The molecule has 8 heteroatoms. The highest BCUT2D eigenvalue weighted by atomic mass is 127. The Labute approximate surface area is 108 Å². The number of hydrogen-bond donors (Lipinski definition) is 0. The standard InChI is InChI=1S/C9H6F3IN2O2/c1-16-7-4-5(13)8(17-9(10,11)12)15-6(7)2-3-14/h4H,2H2,1H3. The zero-order valence-electron chi connectivity index (χ0n) is 8.51. The Morgan fingerprint density at radius 1 is 1.53 bits per heavy atom. The molecule has 1 rings (SSSR count). The third kappa shape index (κ3) is 3.92. The number of nitriles is 1. The monoisotopic (exact) mass is 358 g/mol. The van der Waals surface area contributed by atoms with Crippen LogP contribution in [0.1, 0.15) is 5.69 Å². The van der Waals surface area contributed by atoms with Crippen molar-refractivity contribution < 1.29 is 22.6 Å². The number of halogens is 4. The number of aromatic nitrogens is 1. The normalized spacial score (nSPS) is 10.8. The van der Waals surface area contributed by atoms with Crippen LogP contribution in [0, 0.1) is 14.9 Å². The van der Waals surface area contributed by atoms with Crippen LogP contribution in [0.3, 0.4) is 0 Å². The van der Waals surface area contributed by atoms with Crippen molar-refractivity contribution in [1.82, 2.24) is 4.98 Å². The molecule has 0 radical (unpaired) electrons. The van der Waals surface area contributed by atoms with E-state index in [9.17, 15) is 13.2 Å². The quantitative estimate of drug-likeness (QED) is 0.780. The number of rotatable bonds is 3. The predicted molar refractivity (Wildman–Crippen MR) is 59.5 cm³/mol. The first kappa shape index (κ1) is 13.8. The fraction of sp³-hybridized carbons (Fsp3) is 0.333. The van der Waals surface area contributed by atoms with E-state index < -0.39 is 12.2 Å². The van der Waals surface area contributed by atoms with E-state index >= 15 is 0 Å². The van der Waals surface area contributed by atoms with Gasteiger partial charge in [-0.1, -0.05) is 0 Å². The topological polar surface area (TPSA) is 55.1 Å². The summed E-state index contributed by atoms with van der Waals surface area (Å²) in [5.41, 5.74) is 0.106. The molecule has 92 valence electrons. The van der Waals surface area contributed by atoms with Crippen LogP contribution in [0.2, 0.25) is 0 Å². The number of ether oxygens (including phenoxy) is 2. The molecule has 1 aromatic rings. The van der Waals surface area contributed by atoms with Gasteiger partial charge in [0.2, 0.25) is 5.88 Å². The van der Waals surface area contributed by atoms with Gasteiger partial charge < -0.3 is 9.47 Å². The van der Waals surface area contributed by atoms with E-state index in [0.717, 1.165) is 0 Å². The Hall–Kier alpha value is -1.24. The van der Waals surface area contributed by atoms with Gasteiger partial charge in [0, 0.05) is 6.07 Å². The van der Waals surface area contributed by atoms with Gasteiger partial charge in [-0.05, 0) is 22.6 Å². The van der Waals surface area contributed by atoms with Crippen LogP contribution < -0.4 is 9.47 Å². The van der Waals surface area contributed by atoms with Gasteiger partial charge in [0.15, 0.2) is 0 Å². The van der Waals surface area contributed by atoms with Crippen molar-refractivity contribution in [3.8, 4) is 17.7 Å². The molecule has 0 saturated carbocycles. The van der Waals surface area contributed by atoms with E-state index in [4.69, 9.17) is 10.00 Å². The van der Waals surface area contributed by atoms with Crippen LogP contribution in [-0.2, 0) is 6.42 Å². The van der Waals surface area contributed by atoms with E-state index in [1.165, 1.54) is 13.2 Å². The Bertz CT molecular complexity index is 457. The molecule has 0 fully saturated rings. The van der Waals surface area contributed by atoms with Crippen molar-refractivity contribution in [3.63, 3.8) is 0 Å². The number of pyridine rings is 1. The molecule has 0 unspecified atom stereocenters. The minimum atomic E-state index is -4.81. The van der Waals surface area contributed by atoms with Crippen LogP contribution in [0.25, 0.3) is 0 Å². The van der Waals surface area contributed by atoms with Crippen LogP contribution >= 0.6 is 22.6 Å². The lowest BCUT2D eigenvalue weighted by atomic mass is 10.2. The summed E-state index contributed by atoms with van der Waals surface area (Å²) in [5.74, 6) is -0.324. The van der Waals surface area contributed by atoms with Gasteiger partial charge in [-0.3, -0.25) is 0 Å². The second-order valence-corrected chi connectivity index (χ2v) is 3.97. The molecule has 1 heterocycles. The summed E-state index contributed by atoms with van der Waals surface area (Å²) in [6, 6.07) is 3.12. The van der Waals surface area contributed by atoms with Crippen molar-refractivity contribution in [2.75, 3.05) is 7.11 Å². The molecular formula is C9H6F3IN2O2. The lowest BCUT2D eigenvalue weighted by molar-refractivity contribution is -0.276. The van der Waals surface area contributed by atoms with Gasteiger partial charge in [0.05, 0.1) is 23.2 Å². The minimum Gasteiger partial charge on any atom is -0.495 e. The van der Waals surface area contributed by atoms with Crippen molar-refractivity contribution in [2.24, 2.45) is 0 Å². The van der Waals surface area contributed by atoms with E-state index in [2.05, 4.69) is 9.72 Å². The third-order valence-electron chi connectivity index (χ3n) is 1.66. The van der Waals surface area contributed by atoms with Crippen molar-refractivity contribution in [3.05, 3.63) is 15.3 Å². The molecule has 0 N–H and O–H groups in total. The second-order valence-electron chi connectivity index (χ2n) is 2.81. The molecule has 1 aromatic heterocycles. The largest absolute Gasteiger partial charge is 0.574 e. The van der Waals surface area contributed by atoms with Crippen LogP contribution in [-0.4, -0.2) is 18.5 Å². The number of hydrogen-bond acceptors (Lipinski definition) is 4. The smallest absolute Gasteiger partial charge is 0.495 e. The van der Waals surface area contributed by atoms with E-state index in [1.807, 2.05) is 0 Å². The summed E-state index contributed by atoms with van der Waals surface area (Å²) in [5, 5.41) is 8.52. The molecule has 0 aliphatic heterocycles. The van der Waals surface area contributed by atoms with Gasteiger partial charge in [0.1, 0.15) is 11.4 Å². The summed E-state index contributed by atoms with van der Waals surface area (Å²) >= 11 is 1.64. The summed E-state index contributed by atoms with van der Waals surface area (Å²) in [4.78, 5) is 3.62. The molecular weight excluding hydrogens is 352 g/mol. The van der Waals surface area contributed by atoms with Gasteiger partial charge in [-0.25, -0.2) is 4.98 Å². The molecule has 0 aromatic carbocycles. The maximum atomic E-state index is 12.1. The van der Waals surface area contributed by atoms with E-state index in [1.54, 1.807) is 28.7 Å². The molecule has 0 spiro atoms. The Kier molecular flexibility index (Phi) is 4.39. The van der Waals surface area contributed by atoms with Crippen LogP contribution in [0.4, 0.5) is 13.2 Å². The Morgan fingerprint density at radius 3 is 2.65 bits per heavy atom. The first-order valence-electron chi connectivity index (χ1n) is 4.23. The third-order valence-corrected chi connectivity index (χ3v) is 2.43. The highest BCUT2D eigenvalue weighted by molar-refractivity contribution is 14.1.